The third-order valence-electron chi connectivity index (χ3n) is 10.0. The van der Waals surface area contributed by atoms with Gasteiger partial charge in [0.1, 0.15) is 17.2 Å². The van der Waals surface area contributed by atoms with Crippen LogP contribution in [0.5, 0.6) is 17.2 Å². The second-order valence-electron chi connectivity index (χ2n) is 13.2. The van der Waals surface area contributed by atoms with E-state index in [2.05, 4.69) is 57.7 Å². The molecule has 0 bridgehead atoms. The van der Waals surface area contributed by atoms with Gasteiger partial charge in [-0.1, -0.05) is 60.7 Å². The van der Waals surface area contributed by atoms with Gasteiger partial charge >= 0.3 is 0 Å². The highest BCUT2D eigenvalue weighted by Gasteiger charge is 2.39. The fourth-order valence-electron chi connectivity index (χ4n) is 7.24. The van der Waals surface area contributed by atoms with Crippen LogP contribution in [0, 0.1) is 0 Å². The number of H-pyrrole nitrogens is 1. The summed E-state index contributed by atoms with van der Waals surface area (Å²) in [4.78, 5) is 16.6. The summed E-state index contributed by atoms with van der Waals surface area (Å²) in [5.41, 5.74) is 4.91. The second kappa shape index (κ2) is 16.4. The number of rotatable bonds is 15. The van der Waals surface area contributed by atoms with Crippen molar-refractivity contribution in [3.8, 4) is 17.2 Å². The van der Waals surface area contributed by atoms with Gasteiger partial charge in [-0.15, -0.1) is 0 Å². The van der Waals surface area contributed by atoms with Gasteiger partial charge in [-0.25, -0.2) is 0 Å². The van der Waals surface area contributed by atoms with E-state index in [1.165, 1.54) is 23.3 Å². The standard InChI is InChI=1S/C41H47N3O6/c45-25-24-44-22-19-41(20-23-44,31-6-2-1-3-7-31)35-27-30(10-15-36(35)46)5-4-26-50-32-11-8-29(9-12-32)18-21-42-28-38(48)33-13-16-37(47)40-34(33)14-17-39(49)43-40/h1-3,6-17,27,38,42,45-48H,4-5,18-26,28H2,(H,43,49). The van der Waals surface area contributed by atoms with Gasteiger partial charge in [0.15, 0.2) is 0 Å². The number of phenols is 2. The zero-order valence-electron chi connectivity index (χ0n) is 28.4. The van der Waals surface area contributed by atoms with E-state index in [1.54, 1.807) is 12.1 Å². The van der Waals surface area contributed by atoms with Crippen LogP contribution in [-0.2, 0) is 18.3 Å². The molecule has 1 aliphatic rings. The number of aromatic amines is 1. The molecule has 6 N–H and O–H groups in total. The smallest absolute Gasteiger partial charge is 0.248 e. The van der Waals surface area contributed by atoms with Crippen molar-refractivity contribution in [2.75, 3.05) is 45.9 Å². The fourth-order valence-corrected chi connectivity index (χ4v) is 7.24. The highest BCUT2D eigenvalue weighted by Crippen LogP contribution is 2.45. The van der Waals surface area contributed by atoms with Crippen LogP contribution in [0.25, 0.3) is 10.9 Å². The molecule has 1 unspecified atom stereocenters. The van der Waals surface area contributed by atoms with Crippen LogP contribution in [0.1, 0.15) is 53.2 Å². The Kier molecular flexibility index (Phi) is 11.5. The molecule has 1 fully saturated rings. The number of nitrogens with zero attached hydrogens (tertiary/aromatic N) is 1. The predicted molar refractivity (Wildman–Crippen MR) is 196 cm³/mol. The molecule has 50 heavy (non-hydrogen) atoms. The number of likely N-dealkylation sites (tertiary alicyclic amines) is 1. The number of nitrogens with one attached hydrogen (secondary N) is 2. The number of aromatic nitrogens is 1. The molecule has 0 spiro atoms. The van der Waals surface area contributed by atoms with Crippen molar-refractivity contribution < 1.29 is 25.2 Å². The summed E-state index contributed by atoms with van der Waals surface area (Å²) >= 11 is 0. The maximum atomic E-state index is 11.7. The molecule has 6 rings (SSSR count). The van der Waals surface area contributed by atoms with Gasteiger partial charge in [-0.05, 0) is 104 Å². The number of aliphatic hydroxyl groups is 2. The lowest BCUT2D eigenvalue weighted by molar-refractivity contribution is 0.143. The molecule has 0 amide bonds. The summed E-state index contributed by atoms with van der Waals surface area (Å²) in [6.45, 7) is 4.15. The van der Waals surface area contributed by atoms with Gasteiger partial charge in [-0.3, -0.25) is 4.79 Å². The monoisotopic (exact) mass is 677 g/mol. The minimum Gasteiger partial charge on any atom is -0.508 e. The first-order valence-electron chi connectivity index (χ1n) is 17.5. The number of hydrogen-bond acceptors (Lipinski definition) is 8. The maximum absolute atomic E-state index is 11.7. The number of piperidine rings is 1. The van der Waals surface area contributed by atoms with Crippen molar-refractivity contribution in [2.24, 2.45) is 0 Å². The molecule has 4 aromatic carbocycles. The van der Waals surface area contributed by atoms with E-state index in [0.29, 0.717) is 48.5 Å². The summed E-state index contributed by atoms with van der Waals surface area (Å²) in [5, 5.41) is 45.4. The number of benzene rings is 4. The third-order valence-corrected chi connectivity index (χ3v) is 10.0. The molecule has 5 aromatic rings. The van der Waals surface area contributed by atoms with E-state index in [-0.39, 0.29) is 23.3 Å². The average Bonchev–Trinajstić information content (AvgIpc) is 3.14. The van der Waals surface area contributed by atoms with E-state index in [9.17, 15) is 25.2 Å². The summed E-state index contributed by atoms with van der Waals surface area (Å²) in [5.74, 6) is 1.12. The Morgan fingerprint density at radius 2 is 1.60 bits per heavy atom. The molecule has 9 nitrogen and oxygen atoms in total. The fraction of sp³-hybridized carbons (Fsp3) is 0.341. The molecule has 1 aromatic heterocycles. The zero-order valence-corrected chi connectivity index (χ0v) is 28.4. The topological polar surface area (TPSA) is 138 Å². The van der Waals surface area contributed by atoms with E-state index < -0.39 is 6.10 Å². The molecular formula is C41H47N3O6. The lowest BCUT2D eigenvalue weighted by atomic mass is 9.67. The minimum atomic E-state index is -0.798. The number of phenolic OH excluding ortho intramolecular Hbond substituents is 2. The Hall–Kier alpha value is -4.67. The number of hydrogen-bond donors (Lipinski definition) is 6. The first kappa shape index (κ1) is 35.2. The van der Waals surface area contributed by atoms with E-state index >= 15 is 0 Å². The Morgan fingerprint density at radius 3 is 2.36 bits per heavy atom. The second-order valence-corrected chi connectivity index (χ2v) is 13.2. The molecule has 1 atom stereocenters. The Morgan fingerprint density at radius 1 is 0.860 bits per heavy atom. The van der Waals surface area contributed by atoms with Crippen LogP contribution in [0.4, 0.5) is 0 Å². The van der Waals surface area contributed by atoms with Gasteiger partial charge in [0.05, 0.1) is 24.8 Å². The largest absolute Gasteiger partial charge is 0.508 e. The molecule has 1 saturated heterocycles. The Labute approximate surface area is 292 Å². The Bertz CT molecular complexity index is 1900. The molecule has 9 heteroatoms. The highest BCUT2D eigenvalue weighted by molar-refractivity contribution is 5.87. The third kappa shape index (κ3) is 8.20. The quantitative estimate of drug-likeness (QED) is 0.0834. The summed E-state index contributed by atoms with van der Waals surface area (Å²) in [7, 11) is 0. The van der Waals surface area contributed by atoms with Crippen molar-refractivity contribution in [2.45, 2.75) is 43.6 Å². The summed E-state index contributed by atoms with van der Waals surface area (Å²) < 4.78 is 6.07. The van der Waals surface area contributed by atoms with Crippen LogP contribution < -0.4 is 15.6 Å². The van der Waals surface area contributed by atoms with Gasteiger partial charge < -0.3 is 40.4 Å². The number of β-amino-alcohol motifs (C(OH)–C–C–N with tert-alkyl or cyclic N) is 1. The molecular weight excluding hydrogens is 630 g/mol. The number of fused-ring (bicyclic) bond motifs is 1. The molecule has 0 saturated carbocycles. The lowest BCUT2D eigenvalue weighted by Crippen LogP contribution is -2.44. The Balaban J connectivity index is 0.977. The number of aliphatic hydroxyl groups excluding tert-OH is 2. The molecule has 2 heterocycles. The lowest BCUT2D eigenvalue weighted by Gasteiger charge is -2.43. The van der Waals surface area contributed by atoms with Crippen LogP contribution in [0.3, 0.4) is 0 Å². The SMILES string of the molecule is O=c1ccc2c(C(O)CNCCc3ccc(OCCCc4ccc(O)c(C5(c6ccccc6)CCN(CCO)CC5)c4)cc3)ccc(O)c2[nH]1. The number of aromatic hydroxyl groups is 2. The number of aryl methyl sites for hydroxylation is 1. The summed E-state index contributed by atoms with van der Waals surface area (Å²) in [6, 6.07) is 30.8. The van der Waals surface area contributed by atoms with Crippen LogP contribution >= 0.6 is 0 Å². The van der Waals surface area contributed by atoms with E-state index in [0.717, 1.165) is 62.1 Å². The number of ether oxygens (including phenoxy) is 1. The highest BCUT2D eigenvalue weighted by atomic mass is 16.5. The normalized spacial score (nSPS) is 15.2. The first-order valence-corrected chi connectivity index (χ1v) is 17.5. The van der Waals surface area contributed by atoms with Gasteiger partial charge in [0.25, 0.3) is 0 Å². The van der Waals surface area contributed by atoms with E-state index in [4.69, 9.17) is 4.74 Å². The van der Waals surface area contributed by atoms with Crippen LogP contribution in [-0.4, -0.2) is 76.2 Å². The van der Waals surface area contributed by atoms with E-state index in [1.807, 2.05) is 30.3 Å². The first-order chi connectivity index (χ1) is 24.4. The van der Waals surface area contributed by atoms with Crippen molar-refractivity contribution >= 4 is 10.9 Å². The molecule has 0 aliphatic carbocycles. The van der Waals surface area contributed by atoms with Gasteiger partial charge in [0.2, 0.25) is 5.56 Å². The molecule has 1 aliphatic heterocycles. The average molecular weight is 678 g/mol. The molecule has 262 valence electrons. The van der Waals surface area contributed by atoms with Crippen molar-refractivity contribution in [1.29, 1.82) is 0 Å². The van der Waals surface area contributed by atoms with Crippen LogP contribution in [0.15, 0.2) is 102 Å². The van der Waals surface area contributed by atoms with Crippen molar-refractivity contribution in [3.63, 3.8) is 0 Å². The van der Waals surface area contributed by atoms with Gasteiger partial charge in [0, 0.05) is 35.5 Å². The van der Waals surface area contributed by atoms with Gasteiger partial charge in [-0.2, -0.15) is 0 Å². The molecule has 0 radical (unpaired) electrons. The maximum Gasteiger partial charge on any atom is 0.248 e. The zero-order chi connectivity index (χ0) is 34.9. The predicted octanol–water partition coefficient (Wildman–Crippen LogP) is 5.19. The van der Waals surface area contributed by atoms with Crippen molar-refractivity contribution in [1.82, 2.24) is 15.2 Å². The summed E-state index contributed by atoms with van der Waals surface area (Å²) in [6.07, 6.45) is 3.42. The van der Waals surface area contributed by atoms with Crippen LogP contribution in [0.2, 0.25) is 0 Å². The minimum absolute atomic E-state index is 0.0277. The van der Waals surface area contributed by atoms with Crippen molar-refractivity contribution in [3.05, 3.63) is 135 Å². The number of pyridine rings is 1.